The number of carbonyl (C=O) groups is 2. The topological polar surface area (TPSA) is 66.1 Å². The molecule has 2 heterocycles. The average molecular weight is 259 g/mol. The predicted molar refractivity (Wildman–Crippen MR) is 69.0 cm³/mol. The highest BCUT2D eigenvalue weighted by Gasteiger charge is 2.46. The Kier molecular flexibility index (Phi) is 3.19. The number of rotatable bonds is 4. The van der Waals surface area contributed by atoms with E-state index in [2.05, 4.69) is 9.97 Å². The van der Waals surface area contributed by atoms with Gasteiger partial charge in [0.25, 0.3) is 0 Å². The van der Waals surface area contributed by atoms with E-state index in [1.165, 1.54) is 4.90 Å². The third-order valence-corrected chi connectivity index (χ3v) is 3.95. The van der Waals surface area contributed by atoms with Gasteiger partial charge < -0.3 is 4.98 Å². The Balaban J connectivity index is 1.59. The van der Waals surface area contributed by atoms with Gasteiger partial charge >= 0.3 is 0 Å². The number of nitrogens with one attached hydrogen (secondary N) is 1. The standard InChI is InChI=1S/C14H17N3O2/c18-13-10-4-1-2-5-11(10)14(19)17(13)9-3-6-12-15-7-8-16-12/h1-2,7-8,10-11H,3-6,9H2,(H,15,16)/t10-,11+. The maximum absolute atomic E-state index is 12.2. The zero-order valence-corrected chi connectivity index (χ0v) is 10.7. The number of allylic oxidation sites excluding steroid dienone is 2. The summed E-state index contributed by atoms with van der Waals surface area (Å²) in [7, 11) is 0. The van der Waals surface area contributed by atoms with Crippen molar-refractivity contribution < 1.29 is 9.59 Å². The van der Waals surface area contributed by atoms with E-state index in [0.717, 1.165) is 18.7 Å². The molecule has 0 spiro atoms. The number of imidazole rings is 1. The fraction of sp³-hybridized carbons (Fsp3) is 0.500. The number of H-pyrrole nitrogens is 1. The van der Waals surface area contributed by atoms with E-state index in [1.54, 1.807) is 12.4 Å². The summed E-state index contributed by atoms with van der Waals surface area (Å²) in [6.45, 7) is 0.505. The predicted octanol–water partition coefficient (Wildman–Crippen LogP) is 1.29. The third kappa shape index (κ3) is 2.20. The zero-order chi connectivity index (χ0) is 13.2. The van der Waals surface area contributed by atoms with Gasteiger partial charge in [-0.05, 0) is 19.3 Å². The molecule has 1 aromatic rings. The summed E-state index contributed by atoms with van der Waals surface area (Å²) >= 11 is 0. The van der Waals surface area contributed by atoms with E-state index in [9.17, 15) is 9.59 Å². The van der Waals surface area contributed by atoms with E-state index in [1.807, 2.05) is 12.2 Å². The second-order valence-corrected chi connectivity index (χ2v) is 5.12. The fourth-order valence-corrected chi connectivity index (χ4v) is 2.93. The Morgan fingerprint density at radius 1 is 1.21 bits per heavy atom. The van der Waals surface area contributed by atoms with E-state index < -0.39 is 0 Å². The second kappa shape index (κ2) is 4.99. The number of aromatic amines is 1. The summed E-state index contributed by atoms with van der Waals surface area (Å²) in [5.74, 6) is 0.706. The molecule has 100 valence electrons. The molecule has 1 saturated heterocycles. The lowest BCUT2D eigenvalue weighted by Gasteiger charge is -2.14. The van der Waals surface area contributed by atoms with Gasteiger partial charge in [-0.25, -0.2) is 4.98 Å². The number of aromatic nitrogens is 2. The van der Waals surface area contributed by atoms with Crippen LogP contribution < -0.4 is 0 Å². The number of imide groups is 1. The van der Waals surface area contributed by atoms with E-state index in [0.29, 0.717) is 19.4 Å². The molecule has 1 fully saturated rings. The number of nitrogens with zero attached hydrogens (tertiary/aromatic N) is 2. The first kappa shape index (κ1) is 12.1. The number of amides is 2. The van der Waals surface area contributed by atoms with Crippen molar-refractivity contribution in [3.63, 3.8) is 0 Å². The normalized spacial score (nSPS) is 26.0. The van der Waals surface area contributed by atoms with Crippen molar-refractivity contribution in [2.45, 2.75) is 25.7 Å². The lowest BCUT2D eigenvalue weighted by atomic mass is 9.85. The summed E-state index contributed by atoms with van der Waals surface area (Å²) in [4.78, 5) is 33.0. The molecule has 19 heavy (non-hydrogen) atoms. The van der Waals surface area contributed by atoms with Crippen LogP contribution in [0.25, 0.3) is 0 Å². The zero-order valence-electron chi connectivity index (χ0n) is 10.7. The highest BCUT2D eigenvalue weighted by molar-refractivity contribution is 6.05. The molecule has 1 aliphatic heterocycles. The van der Waals surface area contributed by atoms with Crippen LogP contribution in [0.5, 0.6) is 0 Å². The van der Waals surface area contributed by atoms with Crippen molar-refractivity contribution in [3.8, 4) is 0 Å². The highest BCUT2D eigenvalue weighted by atomic mass is 16.2. The number of hydrogen-bond acceptors (Lipinski definition) is 3. The van der Waals surface area contributed by atoms with Crippen LogP contribution in [0.2, 0.25) is 0 Å². The minimum atomic E-state index is -0.110. The van der Waals surface area contributed by atoms with Crippen molar-refractivity contribution in [1.29, 1.82) is 0 Å². The van der Waals surface area contributed by atoms with E-state index in [4.69, 9.17) is 0 Å². The minimum absolute atomic E-state index is 0.0128. The Bertz CT molecular complexity index is 481. The Morgan fingerprint density at radius 2 is 1.89 bits per heavy atom. The summed E-state index contributed by atoms with van der Waals surface area (Å²) in [5, 5.41) is 0. The summed E-state index contributed by atoms with van der Waals surface area (Å²) < 4.78 is 0. The van der Waals surface area contributed by atoms with Gasteiger partial charge in [0, 0.05) is 25.4 Å². The molecule has 0 aromatic carbocycles. The van der Waals surface area contributed by atoms with Gasteiger partial charge in [-0.3, -0.25) is 14.5 Å². The monoisotopic (exact) mass is 259 g/mol. The van der Waals surface area contributed by atoms with E-state index >= 15 is 0 Å². The first-order valence-corrected chi connectivity index (χ1v) is 6.76. The van der Waals surface area contributed by atoms with Crippen LogP contribution in [-0.2, 0) is 16.0 Å². The smallest absolute Gasteiger partial charge is 0.233 e. The average Bonchev–Trinajstić information content (AvgIpc) is 3.02. The molecule has 2 amide bonds. The highest BCUT2D eigenvalue weighted by Crippen LogP contribution is 2.34. The molecule has 5 nitrogen and oxygen atoms in total. The Morgan fingerprint density at radius 3 is 2.47 bits per heavy atom. The maximum atomic E-state index is 12.2. The Labute approximate surface area is 111 Å². The molecular formula is C14H17N3O2. The molecule has 0 bridgehead atoms. The summed E-state index contributed by atoms with van der Waals surface area (Å²) in [6, 6.07) is 0. The molecule has 3 rings (SSSR count). The largest absolute Gasteiger partial charge is 0.349 e. The number of carbonyl (C=O) groups excluding carboxylic acids is 2. The van der Waals surface area contributed by atoms with Gasteiger partial charge in [-0.15, -0.1) is 0 Å². The van der Waals surface area contributed by atoms with Crippen LogP contribution in [0.1, 0.15) is 25.1 Å². The number of fused-ring (bicyclic) bond motifs is 1. The lowest BCUT2D eigenvalue weighted by Crippen LogP contribution is -2.32. The van der Waals surface area contributed by atoms with E-state index in [-0.39, 0.29) is 23.7 Å². The molecule has 1 aromatic heterocycles. The van der Waals surface area contributed by atoms with Crippen molar-refractivity contribution in [1.82, 2.24) is 14.9 Å². The van der Waals surface area contributed by atoms with Gasteiger partial charge in [-0.2, -0.15) is 0 Å². The molecule has 1 aliphatic carbocycles. The SMILES string of the molecule is O=C1[C@H]2CC=CC[C@H]2C(=O)N1CCCc1ncc[nH]1. The minimum Gasteiger partial charge on any atom is -0.349 e. The third-order valence-electron chi connectivity index (χ3n) is 3.95. The van der Waals surface area contributed by atoms with Gasteiger partial charge in [0.15, 0.2) is 0 Å². The number of likely N-dealkylation sites (tertiary alicyclic amines) is 1. The molecule has 2 atom stereocenters. The molecule has 5 heteroatoms. The van der Waals surface area contributed by atoms with Crippen molar-refractivity contribution in [2.75, 3.05) is 6.54 Å². The van der Waals surface area contributed by atoms with Gasteiger partial charge in [-0.1, -0.05) is 12.2 Å². The van der Waals surface area contributed by atoms with Gasteiger partial charge in [0.2, 0.25) is 11.8 Å². The number of hydrogen-bond donors (Lipinski definition) is 1. The quantitative estimate of drug-likeness (QED) is 0.654. The van der Waals surface area contributed by atoms with Gasteiger partial charge in [0.1, 0.15) is 5.82 Å². The lowest BCUT2D eigenvalue weighted by molar-refractivity contribution is -0.139. The summed E-state index contributed by atoms with van der Waals surface area (Å²) in [6.07, 6.45) is 10.5. The van der Waals surface area contributed by atoms with Crippen LogP contribution in [0.15, 0.2) is 24.5 Å². The van der Waals surface area contributed by atoms with Crippen molar-refractivity contribution in [2.24, 2.45) is 11.8 Å². The summed E-state index contributed by atoms with van der Waals surface area (Å²) in [5.41, 5.74) is 0. The molecule has 2 aliphatic rings. The van der Waals surface area contributed by atoms with Crippen LogP contribution in [-0.4, -0.2) is 33.2 Å². The van der Waals surface area contributed by atoms with Crippen LogP contribution in [0.3, 0.4) is 0 Å². The van der Waals surface area contributed by atoms with Crippen molar-refractivity contribution in [3.05, 3.63) is 30.4 Å². The first-order chi connectivity index (χ1) is 9.27. The van der Waals surface area contributed by atoms with Gasteiger partial charge in [0.05, 0.1) is 11.8 Å². The van der Waals surface area contributed by atoms with Crippen molar-refractivity contribution >= 4 is 11.8 Å². The molecule has 1 N–H and O–H groups in total. The fourth-order valence-electron chi connectivity index (χ4n) is 2.93. The molecular weight excluding hydrogens is 242 g/mol. The molecule has 0 radical (unpaired) electrons. The maximum Gasteiger partial charge on any atom is 0.233 e. The molecule has 0 saturated carbocycles. The Hall–Kier alpha value is -1.91. The first-order valence-electron chi connectivity index (χ1n) is 6.76. The van der Waals surface area contributed by atoms with Crippen LogP contribution >= 0.6 is 0 Å². The van der Waals surface area contributed by atoms with Crippen LogP contribution in [0.4, 0.5) is 0 Å². The second-order valence-electron chi connectivity index (χ2n) is 5.12. The number of aryl methyl sites for hydroxylation is 1. The molecule has 0 unspecified atom stereocenters. The van der Waals surface area contributed by atoms with Crippen LogP contribution in [0, 0.1) is 11.8 Å².